The van der Waals surface area contributed by atoms with Crippen LogP contribution in [0.25, 0.3) is 16.3 Å². The molecule has 0 aliphatic carbocycles. The van der Waals surface area contributed by atoms with Gasteiger partial charge in [0.1, 0.15) is 0 Å². The highest BCUT2D eigenvalue weighted by Crippen LogP contribution is 2.22. The van der Waals surface area contributed by atoms with Crippen molar-refractivity contribution in [3.8, 4) is 0 Å². The van der Waals surface area contributed by atoms with Crippen molar-refractivity contribution in [3.63, 3.8) is 0 Å². The summed E-state index contributed by atoms with van der Waals surface area (Å²) in [6.45, 7) is 5.19. The number of benzene rings is 2. The molecule has 0 aliphatic rings. The van der Waals surface area contributed by atoms with E-state index in [0.29, 0.717) is 23.5 Å². The average Bonchev–Trinajstić information content (AvgIpc) is 3.01. The zero-order chi connectivity index (χ0) is 21.0. The summed E-state index contributed by atoms with van der Waals surface area (Å²) in [5.41, 5.74) is 3.91. The van der Waals surface area contributed by atoms with Crippen LogP contribution in [0.2, 0.25) is 0 Å². The molecule has 3 rings (SSSR count). The van der Waals surface area contributed by atoms with E-state index in [0.717, 1.165) is 10.2 Å². The van der Waals surface area contributed by atoms with Gasteiger partial charge < -0.3 is 9.30 Å². The number of nitro groups is 1. The smallest absolute Gasteiger partial charge is 0.272 e. The first-order valence-corrected chi connectivity index (χ1v) is 9.81. The van der Waals surface area contributed by atoms with Crippen LogP contribution in [0.15, 0.2) is 47.5 Å². The molecule has 2 aromatic carbocycles. The maximum atomic E-state index is 12.4. The van der Waals surface area contributed by atoms with Gasteiger partial charge in [0.15, 0.2) is 4.80 Å². The minimum atomic E-state index is -0.469. The first-order chi connectivity index (χ1) is 13.9. The molecular weight excluding hydrogens is 390 g/mol. The predicted molar refractivity (Wildman–Crippen MR) is 114 cm³/mol. The van der Waals surface area contributed by atoms with Crippen LogP contribution in [0, 0.1) is 24.0 Å². The number of hydrogen-bond acceptors (Lipinski definition) is 5. The third-order valence-electron chi connectivity index (χ3n) is 4.52. The molecule has 3 aromatic rings. The van der Waals surface area contributed by atoms with Gasteiger partial charge in [0.25, 0.3) is 11.6 Å². The minimum absolute atomic E-state index is 0.0239. The third-order valence-corrected chi connectivity index (χ3v) is 5.56. The minimum Gasteiger partial charge on any atom is -0.383 e. The summed E-state index contributed by atoms with van der Waals surface area (Å²) in [6.07, 6.45) is 2.85. The first kappa shape index (κ1) is 20.6. The molecule has 1 heterocycles. The first-order valence-electron chi connectivity index (χ1n) is 9.00. The SMILES string of the molecule is COCCn1c(=NC(=O)C=Cc2cccc([N+](=O)[O-])c2)sc2cc(C)c(C)cc21. The molecule has 0 aliphatic heterocycles. The maximum Gasteiger partial charge on any atom is 0.272 e. The van der Waals surface area contributed by atoms with Crippen LogP contribution in [0.3, 0.4) is 0 Å². The van der Waals surface area contributed by atoms with E-state index in [-0.39, 0.29) is 5.69 Å². The summed E-state index contributed by atoms with van der Waals surface area (Å²) >= 11 is 1.45. The Kier molecular flexibility index (Phi) is 6.36. The van der Waals surface area contributed by atoms with Crippen LogP contribution in [0.4, 0.5) is 5.69 Å². The van der Waals surface area contributed by atoms with Crippen molar-refractivity contribution in [2.45, 2.75) is 20.4 Å². The molecule has 0 bridgehead atoms. The molecule has 0 fully saturated rings. The molecule has 1 amide bonds. The van der Waals surface area contributed by atoms with Crippen LogP contribution in [0.1, 0.15) is 16.7 Å². The Labute approximate surface area is 171 Å². The third kappa shape index (κ3) is 4.85. The van der Waals surface area contributed by atoms with Crippen molar-refractivity contribution in [2.75, 3.05) is 13.7 Å². The van der Waals surface area contributed by atoms with Crippen LogP contribution in [-0.2, 0) is 16.1 Å². The zero-order valence-corrected chi connectivity index (χ0v) is 17.2. The van der Waals surface area contributed by atoms with Crippen LogP contribution in [0.5, 0.6) is 0 Å². The monoisotopic (exact) mass is 411 g/mol. The maximum absolute atomic E-state index is 12.4. The van der Waals surface area contributed by atoms with Crippen LogP contribution in [-0.4, -0.2) is 29.1 Å². The second kappa shape index (κ2) is 8.93. The summed E-state index contributed by atoms with van der Waals surface area (Å²) in [5, 5.41) is 10.9. The van der Waals surface area contributed by atoms with Gasteiger partial charge in [-0.3, -0.25) is 14.9 Å². The van der Waals surface area contributed by atoms with E-state index in [1.807, 2.05) is 4.57 Å². The Morgan fingerprint density at radius 3 is 2.76 bits per heavy atom. The summed E-state index contributed by atoms with van der Waals surface area (Å²) in [5.74, 6) is -0.428. The molecule has 150 valence electrons. The van der Waals surface area contributed by atoms with E-state index >= 15 is 0 Å². The molecule has 0 unspecified atom stereocenters. The van der Waals surface area contributed by atoms with E-state index in [1.54, 1.807) is 19.2 Å². The van der Waals surface area contributed by atoms with E-state index in [1.165, 1.54) is 46.7 Å². The zero-order valence-electron chi connectivity index (χ0n) is 16.4. The van der Waals surface area contributed by atoms with Crippen molar-refractivity contribution >= 4 is 39.2 Å². The molecule has 1 aromatic heterocycles. The van der Waals surface area contributed by atoms with Crippen molar-refractivity contribution in [3.05, 3.63) is 74.1 Å². The number of carbonyl (C=O) groups is 1. The molecular formula is C21H21N3O4S. The highest BCUT2D eigenvalue weighted by molar-refractivity contribution is 7.16. The van der Waals surface area contributed by atoms with Gasteiger partial charge in [0.05, 0.1) is 21.7 Å². The van der Waals surface area contributed by atoms with Gasteiger partial charge in [-0.1, -0.05) is 23.5 Å². The van der Waals surface area contributed by atoms with Crippen molar-refractivity contribution < 1.29 is 14.5 Å². The van der Waals surface area contributed by atoms with Gasteiger partial charge in [0, 0.05) is 31.9 Å². The number of ether oxygens (including phenoxy) is 1. The number of aryl methyl sites for hydroxylation is 2. The fraction of sp³-hybridized carbons (Fsp3) is 0.238. The predicted octanol–water partition coefficient (Wildman–Crippen LogP) is 4.01. The number of aromatic nitrogens is 1. The standard InChI is InChI=1S/C21H21N3O4S/c1-14-11-18-19(12-15(14)2)29-21(23(18)9-10-28-3)22-20(25)8-7-16-5-4-6-17(13-16)24(26)27/h4-8,11-13H,9-10H2,1-3H3. The lowest BCUT2D eigenvalue weighted by Crippen LogP contribution is -2.19. The second-order valence-corrected chi connectivity index (χ2v) is 7.58. The van der Waals surface area contributed by atoms with Gasteiger partial charge >= 0.3 is 0 Å². The average molecular weight is 411 g/mol. The Morgan fingerprint density at radius 1 is 1.28 bits per heavy atom. The van der Waals surface area contributed by atoms with Crippen LogP contribution < -0.4 is 4.80 Å². The lowest BCUT2D eigenvalue weighted by Gasteiger charge is -2.06. The number of non-ortho nitro benzene ring substituents is 1. The van der Waals surface area contributed by atoms with Crippen molar-refractivity contribution in [1.29, 1.82) is 0 Å². The normalized spacial score (nSPS) is 12.2. The van der Waals surface area contributed by atoms with Crippen molar-refractivity contribution in [1.82, 2.24) is 4.57 Å². The molecule has 29 heavy (non-hydrogen) atoms. The number of nitro benzene ring substituents is 1. The quantitative estimate of drug-likeness (QED) is 0.348. The lowest BCUT2D eigenvalue weighted by atomic mass is 10.1. The fourth-order valence-corrected chi connectivity index (χ4v) is 3.99. The van der Waals surface area contributed by atoms with Gasteiger partial charge in [-0.2, -0.15) is 4.99 Å². The van der Waals surface area contributed by atoms with Gasteiger partial charge in [-0.25, -0.2) is 0 Å². The number of hydrogen-bond donors (Lipinski definition) is 0. The van der Waals surface area contributed by atoms with E-state index in [9.17, 15) is 14.9 Å². The van der Waals surface area contributed by atoms with Crippen molar-refractivity contribution in [2.24, 2.45) is 4.99 Å². The molecule has 8 heteroatoms. The molecule has 0 saturated heterocycles. The van der Waals surface area contributed by atoms with Crippen LogP contribution >= 0.6 is 11.3 Å². The number of methoxy groups -OCH3 is 1. The van der Waals surface area contributed by atoms with Gasteiger partial charge in [-0.15, -0.1) is 0 Å². The lowest BCUT2D eigenvalue weighted by molar-refractivity contribution is -0.384. The van der Waals surface area contributed by atoms with Gasteiger partial charge in [0.2, 0.25) is 0 Å². The Morgan fingerprint density at radius 2 is 2.03 bits per heavy atom. The molecule has 7 nitrogen and oxygen atoms in total. The Bertz CT molecular complexity index is 1170. The largest absolute Gasteiger partial charge is 0.383 e. The molecule has 0 atom stereocenters. The molecule has 0 N–H and O–H groups in total. The number of fused-ring (bicyclic) bond motifs is 1. The Balaban J connectivity index is 1.97. The highest BCUT2D eigenvalue weighted by atomic mass is 32.1. The van der Waals surface area contributed by atoms with E-state index < -0.39 is 10.8 Å². The fourth-order valence-electron chi connectivity index (χ4n) is 2.85. The topological polar surface area (TPSA) is 86.7 Å². The number of carbonyl (C=O) groups excluding carboxylic acids is 1. The Hall–Kier alpha value is -3.10. The molecule has 0 spiro atoms. The summed E-state index contributed by atoms with van der Waals surface area (Å²) < 4.78 is 8.24. The molecule has 0 saturated carbocycles. The summed E-state index contributed by atoms with van der Waals surface area (Å²) in [7, 11) is 1.63. The summed E-state index contributed by atoms with van der Waals surface area (Å²) in [6, 6.07) is 10.3. The highest BCUT2D eigenvalue weighted by Gasteiger charge is 2.09. The number of rotatable bonds is 6. The van der Waals surface area contributed by atoms with E-state index in [4.69, 9.17) is 4.74 Å². The number of thiazole rings is 1. The number of amides is 1. The summed E-state index contributed by atoms with van der Waals surface area (Å²) in [4.78, 5) is 27.7. The number of nitrogens with zero attached hydrogens (tertiary/aromatic N) is 3. The van der Waals surface area contributed by atoms with E-state index in [2.05, 4.69) is 31.0 Å². The van der Waals surface area contributed by atoms with Gasteiger partial charge in [-0.05, 0) is 48.7 Å². The molecule has 0 radical (unpaired) electrons. The second-order valence-electron chi connectivity index (χ2n) is 6.57.